The van der Waals surface area contributed by atoms with Gasteiger partial charge in [0.05, 0.1) is 5.69 Å². The molecule has 0 aliphatic heterocycles. The second-order valence-electron chi connectivity index (χ2n) is 7.00. The number of benzene rings is 2. The maximum Gasteiger partial charge on any atom is 0.314 e. The van der Waals surface area contributed by atoms with Crippen molar-refractivity contribution < 1.29 is 19.4 Å². The Morgan fingerprint density at radius 1 is 0.867 bits per heavy atom. The zero-order valence-electron chi connectivity index (χ0n) is 17.4. The number of amides is 2. The van der Waals surface area contributed by atoms with Gasteiger partial charge in [-0.3, -0.25) is 9.59 Å². The van der Waals surface area contributed by atoms with Crippen LogP contribution in [0.4, 0.5) is 17.1 Å². The van der Waals surface area contributed by atoms with Crippen LogP contribution in [0.3, 0.4) is 0 Å². The Kier molecular flexibility index (Phi) is 10.2. The Hall–Kier alpha value is -3.06. The van der Waals surface area contributed by atoms with E-state index in [1.807, 2.05) is 6.07 Å². The molecule has 2 amide bonds. The van der Waals surface area contributed by atoms with E-state index >= 15 is 0 Å². The molecule has 2 aromatic rings. The van der Waals surface area contributed by atoms with Crippen molar-refractivity contribution in [2.24, 2.45) is 0 Å². The molecule has 2 aromatic carbocycles. The highest BCUT2D eigenvalue weighted by molar-refractivity contribution is 6.43. The smallest absolute Gasteiger partial charge is 0.314 e. The number of para-hydroxylation sites is 2. The first-order chi connectivity index (χ1) is 14.6. The third-order valence-corrected chi connectivity index (χ3v) is 4.50. The van der Waals surface area contributed by atoms with Crippen molar-refractivity contribution in [1.82, 2.24) is 0 Å². The van der Waals surface area contributed by atoms with E-state index < -0.39 is 11.8 Å². The fourth-order valence-corrected chi connectivity index (χ4v) is 2.84. The van der Waals surface area contributed by atoms with Crippen LogP contribution in [0.1, 0.15) is 45.4 Å². The topological polar surface area (TPSA) is 99.7 Å². The number of anilines is 3. The van der Waals surface area contributed by atoms with Gasteiger partial charge in [0.2, 0.25) is 0 Å². The van der Waals surface area contributed by atoms with Gasteiger partial charge >= 0.3 is 11.8 Å². The van der Waals surface area contributed by atoms with Crippen molar-refractivity contribution in [3.63, 3.8) is 0 Å². The van der Waals surface area contributed by atoms with E-state index in [0.717, 1.165) is 12.1 Å². The molecule has 0 aliphatic carbocycles. The molecular weight excluding hydrogens is 382 g/mol. The number of ether oxygens (including phenoxy) is 1. The number of carbonyl (C=O) groups is 2. The van der Waals surface area contributed by atoms with Gasteiger partial charge in [-0.2, -0.15) is 0 Å². The van der Waals surface area contributed by atoms with E-state index in [0.29, 0.717) is 19.0 Å². The maximum atomic E-state index is 12.1. The Bertz CT molecular complexity index is 811. The highest BCUT2D eigenvalue weighted by Gasteiger charge is 2.15. The van der Waals surface area contributed by atoms with Crippen molar-refractivity contribution >= 4 is 28.9 Å². The number of unbranched alkanes of at least 4 members (excludes halogenated alkanes) is 5. The van der Waals surface area contributed by atoms with Gasteiger partial charge < -0.3 is 25.8 Å². The second kappa shape index (κ2) is 13.2. The molecule has 0 radical (unpaired) electrons. The first-order valence-electron chi connectivity index (χ1n) is 10.4. The van der Waals surface area contributed by atoms with Crippen molar-refractivity contribution in [3.8, 4) is 5.75 Å². The number of rotatable bonds is 12. The SMILES string of the molecule is CCCCCCCCOCNc1cccc(NC(=O)C(=O)Nc2ccccc2O)c1. The fraction of sp³-hybridized carbons (Fsp3) is 0.391. The summed E-state index contributed by atoms with van der Waals surface area (Å²) >= 11 is 0. The van der Waals surface area contributed by atoms with Gasteiger partial charge in [-0.05, 0) is 36.8 Å². The largest absolute Gasteiger partial charge is 0.506 e. The van der Waals surface area contributed by atoms with E-state index in [-0.39, 0.29) is 11.4 Å². The van der Waals surface area contributed by atoms with E-state index in [4.69, 9.17) is 4.74 Å². The minimum Gasteiger partial charge on any atom is -0.506 e. The molecule has 0 spiro atoms. The van der Waals surface area contributed by atoms with Gasteiger partial charge in [0.25, 0.3) is 0 Å². The summed E-state index contributed by atoms with van der Waals surface area (Å²) in [5.41, 5.74) is 1.43. The molecule has 7 heteroatoms. The van der Waals surface area contributed by atoms with Crippen LogP contribution < -0.4 is 16.0 Å². The average molecular weight is 414 g/mol. The quantitative estimate of drug-likeness (QED) is 0.175. The lowest BCUT2D eigenvalue weighted by Crippen LogP contribution is -2.29. The number of hydrogen-bond acceptors (Lipinski definition) is 5. The van der Waals surface area contributed by atoms with Crippen LogP contribution in [0.2, 0.25) is 0 Å². The number of aromatic hydroxyl groups is 1. The highest BCUT2D eigenvalue weighted by Crippen LogP contribution is 2.21. The molecule has 0 atom stereocenters. The average Bonchev–Trinajstić information content (AvgIpc) is 2.74. The molecule has 30 heavy (non-hydrogen) atoms. The predicted octanol–water partition coefficient (Wildman–Crippen LogP) is 4.72. The fourth-order valence-electron chi connectivity index (χ4n) is 2.84. The summed E-state index contributed by atoms with van der Waals surface area (Å²) in [6.07, 6.45) is 7.33. The minimum absolute atomic E-state index is 0.106. The summed E-state index contributed by atoms with van der Waals surface area (Å²) in [5, 5.41) is 17.7. The molecular formula is C23H31N3O4. The summed E-state index contributed by atoms with van der Waals surface area (Å²) < 4.78 is 5.59. The summed E-state index contributed by atoms with van der Waals surface area (Å²) in [6.45, 7) is 3.29. The van der Waals surface area contributed by atoms with Crippen LogP contribution in [0.5, 0.6) is 5.75 Å². The van der Waals surface area contributed by atoms with Crippen LogP contribution in [-0.4, -0.2) is 30.3 Å². The standard InChI is InChI=1S/C23H31N3O4/c1-2-3-4-5-6-9-15-30-17-24-18-11-10-12-19(16-18)25-22(28)23(29)26-20-13-7-8-14-21(20)27/h7-8,10-14,16,24,27H,2-6,9,15,17H2,1H3,(H,25,28)(H,26,29). The summed E-state index contributed by atoms with van der Waals surface area (Å²) in [7, 11) is 0. The van der Waals surface area contributed by atoms with Gasteiger partial charge in [0.15, 0.2) is 0 Å². The Morgan fingerprint density at radius 2 is 1.57 bits per heavy atom. The van der Waals surface area contributed by atoms with Gasteiger partial charge in [0.1, 0.15) is 12.5 Å². The van der Waals surface area contributed by atoms with Crippen LogP contribution in [-0.2, 0) is 14.3 Å². The summed E-state index contributed by atoms with van der Waals surface area (Å²) in [5.74, 6) is -1.79. The molecule has 0 saturated carbocycles. The molecule has 162 valence electrons. The Morgan fingerprint density at radius 3 is 2.37 bits per heavy atom. The normalized spacial score (nSPS) is 10.4. The number of phenols is 1. The first kappa shape index (κ1) is 23.2. The number of carbonyl (C=O) groups excluding carboxylic acids is 2. The van der Waals surface area contributed by atoms with Crippen molar-refractivity contribution in [3.05, 3.63) is 48.5 Å². The van der Waals surface area contributed by atoms with Crippen LogP contribution in [0.25, 0.3) is 0 Å². The van der Waals surface area contributed by atoms with Gasteiger partial charge in [-0.25, -0.2) is 0 Å². The van der Waals surface area contributed by atoms with Crippen molar-refractivity contribution in [2.75, 3.05) is 29.3 Å². The minimum atomic E-state index is -0.864. The molecule has 0 fully saturated rings. The van der Waals surface area contributed by atoms with E-state index in [2.05, 4.69) is 22.9 Å². The van der Waals surface area contributed by atoms with Gasteiger partial charge in [-0.15, -0.1) is 0 Å². The molecule has 4 N–H and O–H groups in total. The lowest BCUT2D eigenvalue weighted by molar-refractivity contribution is -0.133. The third kappa shape index (κ3) is 8.53. The molecule has 0 saturated heterocycles. The molecule has 0 aliphatic rings. The molecule has 0 unspecified atom stereocenters. The highest BCUT2D eigenvalue weighted by atomic mass is 16.5. The first-order valence-corrected chi connectivity index (χ1v) is 10.4. The van der Waals surface area contributed by atoms with E-state index in [1.165, 1.54) is 44.2 Å². The zero-order valence-corrected chi connectivity index (χ0v) is 17.4. The van der Waals surface area contributed by atoms with Gasteiger partial charge in [-0.1, -0.05) is 57.2 Å². The predicted molar refractivity (Wildman–Crippen MR) is 120 cm³/mol. The number of nitrogens with one attached hydrogen (secondary N) is 3. The number of hydrogen-bond donors (Lipinski definition) is 4. The second-order valence-corrected chi connectivity index (χ2v) is 7.00. The lowest BCUT2D eigenvalue weighted by Gasteiger charge is -2.11. The van der Waals surface area contributed by atoms with Crippen LogP contribution in [0.15, 0.2) is 48.5 Å². The van der Waals surface area contributed by atoms with Crippen molar-refractivity contribution in [1.29, 1.82) is 0 Å². The lowest BCUT2D eigenvalue weighted by atomic mass is 10.1. The molecule has 7 nitrogen and oxygen atoms in total. The van der Waals surface area contributed by atoms with E-state index in [1.54, 1.807) is 30.3 Å². The molecule has 0 heterocycles. The molecule has 0 bridgehead atoms. The Balaban J connectivity index is 1.71. The van der Waals surface area contributed by atoms with E-state index in [9.17, 15) is 14.7 Å². The molecule has 0 aromatic heterocycles. The monoisotopic (exact) mass is 413 g/mol. The summed E-state index contributed by atoms with van der Waals surface area (Å²) in [4.78, 5) is 24.2. The summed E-state index contributed by atoms with van der Waals surface area (Å²) in [6, 6.07) is 13.2. The van der Waals surface area contributed by atoms with Crippen molar-refractivity contribution in [2.45, 2.75) is 45.4 Å². The molecule has 2 rings (SSSR count). The Labute approximate surface area is 177 Å². The maximum absolute atomic E-state index is 12.1. The van der Waals surface area contributed by atoms with Gasteiger partial charge in [0, 0.05) is 18.0 Å². The number of phenolic OH excluding ortho intramolecular Hbond substituents is 1. The van der Waals surface area contributed by atoms with Crippen LogP contribution >= 0.6 is 0 Å². The van der Waals surface area contributed by atoms with Crippen LogP contribution in [0, 0.1) is 0 Å². The third-order valence-electron chi connectivity index (χ3n) is 4.50. The zero-order chi connectivity index (χ0) is 21.6.